The number of rotatable bonds is 3. The molecule has 180 valence electrons. The van der Waals surface area contributed by atoms with Gasteiger partial charge >= 0.3 is 0 Å². The molecule has 1 N–H and O–H groups in total. The van der Waals surface area contributed by atoms with Crippen molar-refractivity contribution in [3.05, 3.63) is 86.7 Å². The van der Waals surface area contributed by atoms with Gasteiger partial charge in [0, 0.05) is 27.6 Å². The lowest BCUT2D eigenvalue weighted by Gasteiger charge is -2.15. The summed E-state index contributed by atoms with van der Waals surface area (Å²) in [5.74, 6) is 1.06. The molecule has 3 aromatic heterocycles. The van der Waals surface area contributed by atoms with E-state index in [0.29, 0.717) is 22.2 Å². The highest BCUT2D eigenvalue weighted by Crippen LogP contribution is 2.32. The zero-order chi connectivity index (χ0) is 25.1. The van der Waals surface area contributed by atoms with Crippen LogP contribution in [0, 0.1) is 27.7 Å². The Labute approximate surface area is 214 Å². The van der Waals surface area contributed by atoms with E-state index in [-0.39, 0.29) is 5.91 Å². The summed E-state index contributed by atoms with van der Waals surface area (Å²) in [6.07, 6.45) is 2.70. The quantitative estimate of drug-likeness (QED) is 0.306. The lowest BCUT2D eigenvalue weighted by molar-refractivity contribution is 0.102. The first kappa shape index (κ1) is 22.7. The Bertz CT molecular complexity index is 1720. The zero-order valence-electron chi connectivity index (χ0n) is 20.7. The van der Waals surface area contributed by atoms with Gasteiger partial charge in [-0.05, 0) is 94.0 Å². The summed E-state index contributed by atoms with van der Waals surface area (Å²) >= 11 is 6.32. The first-order valence-electron chi connectivity index (χ1n) is 12.2. The summed E-state index contributed by atoms with van der Waals surface area (Å²) in [4.78, 5) is 23.6. The minimum Gasteiger partial charge on any atom is -0.306 e. The van der Waals surface area contributed by atoms with E-state index in [1.54, 1.807) is 4.68 Å². The van der Waals surface area contributed by atoms with E-state index in [1.165, 1.54) is 5.56 Å². The molecule has 0 radical (unpaired) electrons. The van der Waals surface area contributed by atoms with Gasteiger partial charge in [0.05, 0.1) is 22.3 Å². The maximum absolute atomic E-state index is 13.8. The number of nitrogens with one attached hydrogen (secondary N) is 1. The average molecular weight is 496 g/mol. The van der Waals surface area contributed by atoms with Crippen molar-refractivity contribution in [3.63, 3.8) is 0 Å². The third kappa shape index (κ3) is 3.73. The van der Waals surface area contributed by atoms with Gasteiger partial charge in [-0.1, -0.05) is 23.2 Å². The van der Waals surface area contributed by atoms with Crippen molar-refractivity contribution in [2.75, 3.05) is 5.32 Å². The zero-order valence-corrected chi connectivity index (χ0v) is 21.5. The fraction of sp³-hybridized carbons (Fsp3) is 0.241. The monoisotopic (exact) mass is 495 g/mol. The number of hydrogen-bond acceptors (Lipinski definition) is 4. The minimum absolute atomic E-state index is 0.187. The van der Waals surface area contributed by atoms with Crippen LogP contribution in [0.25, 0.3) is 27.6 Å². The maximum atomic E-state index is 13.8. The van der Waals surface area contributed by atoms with Gasteiger partial charge in [0.25, 0.3) is 5.91 Å². The van der Waals surface area contributed by atoms with Crippen LogP contribution in [0.15, 0.2) is 42.5 Å². The van der Waals surface area contributed by atoms with Crippen molar-refractivity contribution >= 4 is 45.1 Å². The highest BCUT2D eigenvalue weighted by Gasteiger charge is 2.25. The summed E-state index contributed by atoms with van der Waals surface area (Å²) in [7, 11) is 0. The van der Waals surface area contributed by atoms with E-state index in [2.05, 4.69) is 43.3 Å². The highest BCUT2D eigenvalue weighted by atomic mass is 35.5. The SMILES string of the molecule is Cc1cc(C)c2nc(-n3nc(C)cc3NC(=O)c3c4c(nc5ccc(Cl)cc35)CCC4)cc(C)c2c1. The second kappa shape index (κ2) is 8.42. The minimum atomic E-state index is -0.187. The molecule has 0 saturated heterocycles. The van der Waals surface area contributed by atoms with Gasteiger partial charge in [0.2, 0.25) is 0 Å². The molecule has 5 aromatic rings. The number of nitrogens with zero attached hydrogens (tertiary/aromatic N) is 4. The second-order valence-corrected chi connectivity index (χ2v) is 10.2. The van der Waals surface area contributed by atoms with Crippen molar-refractivity contribution < 1.29 is 4.79 Å². The number of fused-ring (bicyclic) bond motifs is 3. The normalized spacial score (nSPS) is 12.9. The van der Waals surface area contributed by atoms with Crippen LogP contribution in [0.4, 0.5) is 5.82 Å². The molecule has 0 bridgehead atoms. The molecular weight excluding hydrogens is 470 g/mol. The molecule has 0 saturated carbocycles. The van der Waals surface area contributed by atoms with Gasteiger partial charge in [-0.25, -0.2) is 4.98 Å². The number of aromatic nitrogens is 4. The first-order chi connectivity index (χ1) is 17.3. The number of benzene rings is 2. The van der Waals surface area contributed by atoms with Crippen LogP contribution in [0.3, 0.4) is 0 Å². The fourth-order valence-corrected chi connectivity index (χ4v) is 5.54. The molecule has 0 spiro atoms. The van der Waals surface area contributed by atoms with Gasteiger partial charge < -0.3 is 5.32 Å². The predicted octanol–water partition coefficient (Wildman–Crippen LogP) is 6.60. The number of aryl methyl sites for hydroxylation is 5. The van der Waals surface area contributed by atoms with Crippen LogP contribution in [-0.4, -0.2) is 25.7 Å². The van der Waals surface area contributed by atoms with Crippen LogP contribution in [0.5, 0.6) is 0 Å². The molecule has 6 rings (SSSR count). The van der Waals surface area contributed by atoms with Gasteiger partial charge in [-0.3, -0.25) is 9.78 Å². The molecule has 1 amide bonds. The Morgan fingerprint density at radius 2 is 1.78 bits per heavy atom. The van der Waals surface area contributed by atoms with E-state index >= 15 is 0 Å². The molecule has 6 nitrogen and oxygen atoms in total. The van der Waals surface area contributed by atoms with E-state index in [0.717, 1.165) is 69.1 Å². The Morgan fingerprint density at radius 3 is 2.61 bits per heavy atom. The van der Waals surface area contributed by atoms with E-state index in [4.69, 9.17) is 21.6 Å². The number of halogens is 1. The number of amides is 1. The number of carbonyl (C=O) groups is 1. The van der Waals surface area contributed by atoms with Crippen molar-refractivity contribution in [3.8, 4) is 5.82 Å². The predicted molar refractivity (Wildman–Crippen MR) is 145 cm³/mol. The standard InChI is InChI=1S/C29H26ClN5O/c1-15-10-17(3)28-21(11-15)16(2)12-25(32-28)35-26(13-18(4)34-35)33-29(36)27-20-6-5-7-23(20)31-24-9-8-19(30)14-22(24)27/h8-14H,5-7H2,1-4H3,(H,33,36). The van der Waals surface area contributed by atoms with Crippen LogP contribution < -0.4 is 5.32 Å². The third-order valence-electron chi connectivity index (χ3n) is 6.93. The smallest absolute Gasteiger partial charge is 0.257 e. The molecule has 7 heteroatoms. The van der Waals surface area contributed by atoms with Crippen LogP contribution >= 0.6 is 11.6 Å². The van der Waals surface area contributed by atoms with E-state index in [1.807, 2.05) is 37.3 Å². The van der Waals surface area contributed by atoms with Crippen LogP contribution in [0.2, 0.25) is 5.02 Å². The lowest BCUT2D eigenvalue weighted by Crippen LogP contribution is -2.18. The maximum Gasteiger partial charge on any atom is 0.257 e. The fourth-order valence-electron chi connectivity index (χ4n) is 5.37. The number of pyridine rings is 2. The Kier molecular flexibility index (Phi) is 5.30. The first-order valence-corrected chi connectivity index (χ1v) is 12.5. The second-order valence-electron chi connectivity index (χ2n) is 9.74. The molecule has 0 unspecified atom stereocenters. The molecule has 36 heavy (non-hydrogen) atoms. The van der Waals surface area contributed by atoms with Gasteiger partial charge in [-0.15, -0.1) is 0 Å². The number of hydrogen-bond donors (Lipinski definition) is 1. The summed E-state index contributed by atoms with van der Waals surface area (Å²) < 4.78 is 1.72. The molecule has 0 fully saturated rings. The topological polar surface area (TPSA) is 72.7 Å². The molecule has 0 aliphatic heterocycles. The van der Waals surface area contributed by atoms with Crippen molar-refractivity contribution in [2.45, 2.75) is 47.0 Å². The summed E-state index contributed by atoms with van der Waals surface area (Å²) in [5, 5.41) is 10.3. The number of anilines is 1. The molecule has 1 aliphatic rings. The molecule has 1 aliphatic carbocycles. The van der Waals surface area contributed by atoms with Crippen LogP contribution in [0.1, 0.15) is 50.4 Å². The molecule has 0 atom stereocenters. The van der Waals surface area contributed by atoms with Crippen molar-refractivity contribution in [1.29, 1.82) is 0 Å². The lowest BCUT2D eigenvalue weighted by atomic mass is 10.0. The van der Waals surface area contributed by atoms with Gasteiger partial charge in [0.15, 0.2) is 5.82 Å². The van der Waals surface area contributed by atoms with E-state index < -0.39 is 0 Å². The Hall–Kier alpha value is -3.77. The van der Waals surface area contributed by atoms with Crippen molar-refractivity contribution in [1.82, 2.24) is 19.7 Å². The number of carbonyl (C=O) groups excluding carboxylic acids is 1. The Balaban J connectivity index is 1.46. The molecule has 2 aromatic carbocycles. The molecular formula is C29H26ClN5O. The van der Waals surface area contributed by atoms with Crippen LogP contribution in [-0.2, 0) is 12.8 Å². The summed E-state index contributed by atoms with van der Waals surface area (Å²) in [6.45, 7) is 8.16. The third-order valence-corrected chi connectivity index (χ3v) is 7.17. The van der Waals surface area contributed by atoms with Crippen molar-refractivity contribution in [2.24, 2.45) is 0 Å². The van der Waals surface area contributed by atoms with Gasteiger partial charge in [0.1, 0.15) is 5.82 Å². The van der Waals surface area contributed by atoms with E-state index in [9.17, 15) is 4.79 Å². The summed E-state index contributed by atoms with van der Waals surface area (Å²) in [6, 6.07) is 13.7. The van der Waals surface area contributed by atoms with Gasteiger partial charge in [-0.2, -0.15) is 9.78 Å². The Morgan fingerprint density at radius 1 is 0.944 bits per heavy atom. The average Bonchev–Trinajstić information content (AvgIpc) is 3.43. The highest BCUT2D eigenvalue weighted by molar-refractivity contribution is 6.31. The molecule has 3 heterocycles. The largest absolute Gasteiger partial charge is 0.306 e. The summed E-state index contributed by atoms with van der Waals surface area (Å²) in [5.41, 5.74) is 8.60.